The quantitative estimate of drug-likeness (QED) is 0.854. The van der Waals surface area contributed by atoms with Gasteiger partial charge in [0.05, 0.1) is 6.04 Å². The Hall–Kier alpha value is -1.59. The number of anilines is 1. The fourth-order valence-corrected chi connectivity index (χ4v) is 2.77. The van der Waals surface area contributed by atoms with E-state index in [-0.39, 0.29) is 24.2 Å². The molecule has 1 saturated heterocycles. The number of benzene rings is 1. The minimum absolute atomic E-state index is 0. The number of amides is 2. The molecule has 6 heteroatoms. The number of hydrogen-bond donors (Lipinski definition) is 2. The summed E-state index contributed by atoms with van der Waals surface area (Å²) in [4.78, 5) is 26.2. The second-order valence-corrected chi connectivity index (χ2v) is 6.44. The van der Waals surface area contributed by atoms with Gasteiger partial charge in [-0.05, 0) is 49.4 Å². The first-order valence-electron chi connectivity index (χ1n) is 8.47. The molecule has 1 heterocycles. The van der Waals surface area contributed by atoms with Gasteiger partial charge >= 0.3 is 0 Å². The Morgan fingerprint density at radius 3 is 2.38 bits per heavy atom. The van der Waals surface area contributed by atoms with Gasteiger partial charge in [-0.1, -0.05) is 20.3 Å². The van der Waals surface area contributed by atoms with Crippen molar-refractivity contribution >= 4 is 29.9 Å². The van der Waals surface area contributed by atoms with Gasteiger partial charge in [0.15, 0.2) is 0 Å². The van der Waals surface area contributed by atoms with Crippen LogP contribution in [0, 0.1) is 5.92 Å². The largest absolute Gasteiger partial charge is 0.339 e. The van der Waals surface area contributed by atoms with Crippen LogP contribution in [0.2, 0.25) is 0 Å². The first-order valence-corrected chi connectivity index (χ1v) is 8.47. The third-order valence-corrected chi connectivity index (χ3v) is 4.41. The average molecular weight is 354 g/mol. The summed E-state index contributed by atoms with van der Waals surface area (Å²) in [5.41, 5.74) is 7.12. The molecule has 3 N–H and O–H groups in total. The van der Waals surface area contributed by atoms with Crippen molar-refractivity contribution in [2.24, 2.45) is 11.7 Å². The molecule has 5 nitrogen and oxygen atoms in total. The van der Waals surface area contributed by atoms with Gasteiger partial charge < -0.3 is 16.0 Å². The van der Waals surface area contributed by atoms with Crippen molar-refractivity contribution in [1.29, 1.82) is 0 Å². The summed E-state index contributed by atoms with van der Waals surface area (Å²) < 4.78 is 0. The number of nitrogens with zero attached hydrogens (tertiary/aromatic N) is 1. The van der Waals surface area contributed by atoms with Crippen LogP contribution in [0.4, 0.5) is 5.69 Å². The van der Waals surface area contributed by atoms with Crippen molar-refractivity contribution in [2.75, 3.05) is 18.4 Å². The van der Waals surface area contributed by atoms with Gasteiger partial charge in [-0.3, -0.25) is 9.59 Å². The van der Waals surface area contributed by atoms with Crippen LogP contribution < -0.4 is 11.1 Å². The van der Waals surface area contributed by atoms with Crippen molar-refractivity contribution < 1.29 is 9.59 Å². The number of halogens is 1. The molecule has 1 aliphatic rings. The van der Waals surface area contributed by atoms with Crippen molar-refractivity contribution in [3.05, 3.63) is 29.8 Å². The van der Waals surface area contributed by atoms with Gasteiger partial charge in [0, 0.05) is 24.3 Å². The number of hydrogen-bond acceptors (Lipinski definition) is 3. The van der Waals surface area contributed by atoms with Crippen LogP contribution in [-0.2, 0) is 4.79 Å². The number of likely N-dealkylation sites (tertiary alicyclic amines) is 1. The van der Waals surface area contributed by atoms with Crippen LogP contribution in [0.1, 0.15) is 49.9 Å². The zero-order valence-corrected chi connectivity index (χ0v) is 15.3. The summed E-state index contributed by atoms with van der Waals surface area (Å²) in [6, 6.07) is 6.56. The van der Waals surface area contributed by atoms with E-state index in [0.29, 0.717) is 23.6 Å². The minimum Gasteiger partial charge on any atom is -0.339 e. The van der Waals surface area contributed by atoms with Gasteiger partial charge in [-0.2, -0.15) is 0 Å². The van der Waals surface area contributed by atoms with E-state index in [1.807, 2.05) is 11.8 Å². The number of piperidine rings is 1. The Kier molecular flexibility index (Phi) is 8.22. The summed E-state index contributed by atoms with van der Waals surface area (Å²) >= 11 is 0. The highest BCUT2D eigenvalue weighted by Gasteiger charge is 2.21. The Labute approximate surface area is 150 Å². The zero-order valence-electron chi connectivity index (χ0n) is 14.5. The predicted octanol–water partition coefficient (Wildman–Crippen LogP) is 3.05. The first kappa shape index (κ1) is 20.5. The van der Waals surface area contributed by atoms with Crippen LogP contribution in [-0.4, -0.2) is 35.8 Å². The molecular formula is C18H28ClN3O2. The molecule has 134 valence electrons. The van der Waals surface area contributed by atoms with E-state index in [9.17, 15) is 9.59 Å². The summed E-state index contributed by atoms with van der Waals surface area (Å²) in [6.45, 7) is 5.87. The molecule has 24 heavy (non-hydrogen) atoms. The summed E-state index contributed by atoms with van der Waals surface area (Å²) in [5.74, 6) is 0.581. The Morgan fingerprint density at radius 1 is 1.25 bits per heavy atom. The molecule has 0 aromatic heterocycles. The molecule has 0 aliphatic carbocycles. The summed E-state index contributed by atoms with van der Waals surface area (Å²) in [5, 5.41) is 2.79. The second kappa shape index (κ2) is 9.64. The van der Waals surface area contributed by atoms with Crippen molar-refractivity contribution in [3.63, 3.8) is 0 Å². The smallest absolute Gasteiger partial charge is 0.253 e. The molecule has 0 saturated carbocycles. The fraction of sp³-hybridized carbons (Fsp3) is 0.556. The molecule has 0 radical (unpaired) electrons. The maximum absolute atomic E-state index is 12.5. The summed E-state index contributed by atoms with van der Waals surface area (Å²) in [7, 11) is 0. The first-order chi connectivity index (χ1) is 11.0. The van der Waals surface area contributed by atoms with Gasteiger partial charge in [0.25, 0.3) is 5.91 Å². The molecular weight excluding hydrogens is 326 g/mol. The maximum Gasteiger partial charge on any atom is 0.253 e. The Morgan fingerprint density at radius 2 is 1.83 bits per heavy atom. The molecule has 1 fully saturated rings. The minimum atomic E-state index is -0.489. The zero-order chi connectivity index (χ0) is 16.8. The maximum atomic E-state index is 12.5. The molecule has 1 aromatic carbocycles. The second-order valence-electron chi connectivity index (χ2n) is 6.44. The van der Waals surface area contributed by atoms with Crippen molar-refractivity contribution in [3.8, 4) is 0 Å². The monoisotopic (exact) mass is 353 g/mol. The van der Waals surface area contributed by atoms with Crippen LogP contribution in [0.25, 0.3) is 0 Å². The number of carbonyl (C=O) groups excluding carboxylic acids is 2. The normalized spacial score (nSPS) is 16.2. The Balaban J connectivity index is 0.00000288. The highest BCUT2D eigenvalue weighted by molar-refractivity contribution is 5.97. The average Bonchev–Trinajstić information content (AvgIpc) is 2.56. The fourth-order valence-electron chi connectivity index (χ4n) is 2.77. The number of nitrogens with two attached hydrogens (primary N) is 1. The van der Waals surface area contributed by atoms with E-state index in [1.54, 1.807) is 24.3 Å². The van der Waals surface area contributed by atoms with E-state index in [0.717, 1.165) is 32.4 Å². The number of carbonyl (C=O) groups is 2. The molecule has 1 aliphatic heterocycles. The summed E-state index contributed by atoms with van der Waals surface area (Å²) in [6.07, 6.45) is 3.66. The lowest BCUT2D eigenvalue weighted by atomic mass is 9.98. The molecule has 1 atom stereocenters. The van der Waals surface area contributed by atoms with Crippen molar-refractivity contribution in [2.45, 2.75) is 45.6 Å². The number of nitrogens with one attached hydrogen (secondary N) is 1. The van der Waals surface area contributed by atoms with Crippen LogP contribution in [0.5, 0.6) is 0 Å². The van der Waals surface area contributed by atoms with Crippen LogP contribution in [0.15, 0.2) is 24.3 Å². The number of rotatable bonds is 5. The highest BCUT2D eigenvalue weighted by Crippen LogP contribution is 2.19. The van der Waals surface area contributed by atoms with Gasteiger partial charge in [0.2, 0.25) is 5.91 Å². The standard InChI is InChI=1S/C18H27N3O2.ClH/c1-3-4-16(19)17(22)20-15-7-5-14(6-8-15)18(23)21-11-9-13(2)10-12-21;/h5-8,13,16H,3-4,9-12,19H2,1-2H3,(H,20,22);1H. The van der Waals surface area contributed by atoms with Gasteiger partial charge in [-0.25, -0.2) is 0 Å². The van der Waals surface area contributed by atoms with E-state index < -0.39 is 6.04 Å². The van der Waals surface area contributed by atoms with E-state index in [1.165, 1.54) is 0 Å². The van der Waals surface area contributed by atoms with Crippen LogP contribution >= 0.6 is 12.4 Å². The predicted molar refractivity (Wildman–Crippen MR) is 99.5 cm³/mol. The van der Waals surface area contributed by atoms with E-state index >= 15 is 0 Å². The molecule has 2 amide bonds. The molecule has 0 bridgehead atoms. The lowest BCUT2D eigenvalue weighted by Crippen LogP contribution is -2.38. The molecule has 0 spiro atoms. The van der Waals surface area contributed by atoms with E-state index in [4.69, 9.17) is 5.73 Å². The van der Waals surface area contributed by atoms with E-state index in [2.05, 4.69) is 12.2 Å². The van der Waals surface area contributed by atoms with Gasteiger partial charge in [-0.15, -0.1) is 12.4 Å². The lowest BCUT2D eigenvalue weighted by molar-refractivity contribution is -0.117. The highest BCUT2D eigenvalue weighted by atomic mass is 35.5. The Bertz CT molecular complexity index is 540. The third-order valence-electron chi connectivity index (χ3n) is 4.41. The van der Waals surface area contributed by atoms with Crippen molar-refractivity contribution in [1.82, 2.24) is 4.90 Å². The van der Waals surface area contributed by atoms with Crippen LogP contribution in [0.3, 0.4) is 0 Å². The molecule has 1 aromatic rings. The SMILES string of the molecule is CCCC(N)C(=O)Nc1ccc(C(=O)N2CCC(C)CC2)cc1.Cl. The van der Waals surface area contributed by atoms with Gasteiger partial charge in [0.1, 0.15) is 0 Å². The third kappa shape index (κ3) is 5.49. The topological polar surface area (TPSA) is 75.4 Å². The molecule has 2 rings (SSSR count). The lowest BCUT2D eigenvalue weighted by Gasteiger charge is -2.30. The molecule has 1 unspecified atom stereocenters.